The molecule has 1 heterocycles. The first-order valence-electron chi connectivity index (χ1n) is 6.63. The second-order valence-electron chi connectivity index (χ2n) is 5.32. The van der Waals surface area contributed by atoms with E-state index in [-0.39, 0.29) is 12.1 Å². The average Bonchev–Trinajstić information content (AvgIpc) is 2.71. The second kappa shape index (κ2) is 4.91. The van der Waals surface area contributed by atoms with Crippen molar-refractivity contribution in [1.29, 1.82) is 0 Å². The molecule has 3 nitrogen and oxygen atoms in total. The molecule has 0 saturated heterocycles. The molecule has 2 aromatic carbocycles. The second-order valence-corrected chi connectivity index (χ2v) is 5.32. The van der Waals surface area contributed by atoms with Gasteiger partial charge in [-0.1, -0.05) is 6.07 Å². The molecule has 0 bridgehead atoms. The van der Waals surface area contributed by atoms with Gasteiger partial charge in [0.15, 0.2) is 11.5 Å². The summed E-state index contributed by atoms with van der Waals surface area (Å²) >= 11 is 0. The molecule has 2 aromatic rings. The Kier molecular flexibility index (Phi) is 3.20. The van der Waals surface area contributed by atoms with Crippen molar-refractivity contribution in [2.75, 3.05) is 5.32 Å². The molecule has 0 aromatic heterocycles. The lowest BCUT2D eigenvalue weighted by atomic mass is 10.2. The molecule has 110 valence electrons. The fraction of sp³-hybridized carbons (Fsp3) is 0.250. The van der Waals surface area contributed by atoms with Gasteiger partial charge in [0.1, 0.15) is 11.6 Å². The Morgan fingerprint density at radius 3 is 2.38 bits per heavy atom. The molecule has 0 fully saturated rings. The van der Waals surface area contributed by atoms with E-state index in [1.165, 1.54) is 18.2 Å². The highest BCUT2D eigenvalue weighted by atomic mass is 19.1. The molecule has 0 aliphatic carbocycles. The van der Waals surface area contributed by atoms with E-state index in [1.54, 1.807) is 18.2 Å². The number of hydrogen-bond acceptors (Lipinski definition) is 3. The van der Waals surface area contributed by atoms with Crippen LogP contribution in [0.1, 0.15) is 19.4 Å². The molecule has 21 heavy (non-hydrogen) atoms. The van der Waals surface area contributed by atoms with E-state index in [0.29, 0.717) is 17.2 Å². The Labute approximate surface area is 121 Å². The van der Waals surface area contributed by atoms with Crippen LogP contribution in [-0.2, 0) is 6.54 Å². The Balaban J connectivity index is 1.76. The fourth-order valence-corrected chi connectivity index (χ4v) is 2.22. The highest BCUT2D eigenvalue weighted by molar-refractivity contribution is 5.56. The molecule has 0 saturated carbocycles. The highest BCUT2D eigenvalue weighted by Crippen LogP contribution is 2.40. The number of hydrogen-bond donors (Lipinski definition) is 1. The van der Waals surface area contributed by atoms with Crippen LogP contribution in [0.25, 0.3) is 0 Å². The minimum Gasteiger partial charge on any atom is -0.449 e. The maximum Gasteiger partial charge on any atom is 0.246 e. The number of anilines is 1. The molecule has 0 atom stereocenters. The van der Waals surface area contributed by atoms with Crippen molar-refractivity contribution in [3.8, 4) is 11.5 Å². The van der Waals surface area contributed by atoms with Crippen LogP contribution < -0.4 is 14.8 Å². The van der Waals surface area contributed by atoms with Gasteiger partial charge in [0.05, 0.1) is 0 Å². The molecular formula is C16H15F2NO2. The third-order valence-corrected chi connectivity index (χ3v) is 3.19. The van der Waals surface area contributed by atoms with Crippen molar-refractivity contribution >= 4 is 5.69 Å². The maximum atomic E-state index is 13.5. The van der Waals surface area contributed by atoms with Crippen LogP contribution in [0.5, 0.6) is 11.5 Å². The molecule has 5 heteroatoms. The van der Waals surface area contributed by atoms with Gasteiger partial charge in [0, 0.05) is 37.7 Å². The third kappa shape index (κ3) is 2.77. The van der Waals surface area contributed by atoms with Crippen molar-refractivity contribution in [3.05, 3.63) is 53.6 Å². The van der Waals surface area contributed by atoms with Crippen LogP contribution in [0.4, 0.5) is 14.5 Å². The smallest absolute Gasteiger partial charge is 0.246 e. The molecule has 0 spiro atoms. The molecule has 0 unspecified atom stereocenters. The summed E-state index contributed by atoms with van der Waals surface area (Å²) < 4.78 is 38.3. The Hall–Kier alpha value is -2.30. The minimum atomic E-state index is -0.696. The number of rotatable bonds is 3. The zero-order chi connectivity index (χ0) is 15.0. The van der Waals surface area contributed by atoms with E-state index in [9.17, 15) is 8.78 Å². The summed E-state index contributed by atoms with van der Waals surface area (Å²) in [7, 11) is 0. The molecule has 0 amide bonds. The minimum absolute atomic E-state index is 0.00972. The van der Waals surface area contributed by atoms with E-state index in [0.717, 1.165) is 0 Å². The molecule has 3 rings (SSSR count). The highest BCUT2D eigenvalue weighted by Gasteiger charge is 2.31. The summed E-state index contributed by atoms with van der Waals surface area (Å²) in [6.45, 7) is 3.69. The zero-order valence-corrected chi connectivity index (χ0v) is 11.7. The standard InChI is InChI=1S/C16H15F2NO2/c1-16(2)20-14-7-6-10(8-15(14)21-16)19-9-11-12(17)4-3-5-13(11)18/h3-8,19H,9H2,1-2H3. The summed E-state index contributed by atoms with van der Waals surface area (Å²) in [5.74, 6) is -0.561. The lowest BCUT2D eigenvalue weighted by molar-refractivity contribution is -0.0431. The number of nitrogens with one attached hydrogen (secondary N) is 1. The quantitative estimate of drug-likeness (QED) is 0.924. The predicted molar refractivity (Wildman–Crippen MR) is 75.5 cm³/mol. The van der Waals surface area contributed by atoms with E-state index in [4.69, 9.17) is 9.47 Å². The maximum absolute atomic E-state index is 13.5. The summed E-state index contributed by atoms with van der Waals surface area (Å²) in [6, 6.07) is 9.12. The summed E-state index contributed by atoms with van der Waals surface area (Å²) in [6.07, 6.45) is 0. The van der Waals surface area contributed by atoms with Crippen LogP contribution in [0.2, 0.25) is 0 Å². The van der Waals surface area contributed by atoms with Crippen molar-refractivity contribution in [2.24, 2.45) is 0 Å². The third-order valence-electron chi connectivity index (χ3n) is 3.19. The SMILES string of the molecule is CC1(C)Oc2ccc(NCc3c(F)cccc3F)cc2O1. The Morgan fingerprint density at radius 2 is 1.67 bits per heavy atom. The van der Waals surface area contributed by atoms with Gasteiger partial charge in [-0.2, -0.15) is 0 Å². The zero-order valence-electron chi connectivity index (χ0n) is 11.7. The Bertz CT molecular complexity index is 666. The first kappa shape index (κ1) is 13.7. The van der Waals surface area contributed by atoms with Gasteiger partial charge < -0.3 is 14.8 Å². The number of ether oxygens (including phenoxy) is 2. The van der Waals surface area contributed by atoms with Crippen molar-refractivity contribution in [3.63, 3.8) is 0 Å². The lowest BCUT2D eigenvalue weighted by Crippen LogP contribution is -2.29. The van der Waals surface area contributed by atoms with Gasteiger partial charge in [0.2, 0.25) is 5.79 Å². The average molecular weight is 291 g/mol. The van der Waals surface area contributed by atoms with Crippen molar-refractivity contribution < 1.29 is 18.3 Å². The number of fused-ring (bicyclic) bond motifs is 1. The first-order valence-corrected chi connectivity index (χ1v) is 6.63. The van der Waals surface area contributed by atoms with Gasteiger partial charge >= 0.3 is 0 Å². The normalized spacial score (nSPS) is 15.0. The summed E-state index contributed by atoms with van der Waals surface area (Å²) in [5.41, 5.74) is 0.716. The van der Waals surface area contributed by atoms with Gasteiger partial charge in [-0.05, 0) is 24.3 Å². The summed E-state index contributed by atoms with van der Waals surface area (Å²) in [5, 5.41) is 2.98. The van der Waals surface area contributed by atoms with Crippen LogP contribution in [0.15, 0.2) is 36.4 Å². The van der Waals surface area contributed by atoms with Crippen LogP contribution >= 0.6 is 0 Å². The summed E-state index contributed by atoms with van der Waals surface area (Å²) in [4.78, 5) is 0. The van der Waals surface area contributed by atoms with Crippen LogP contribution in [0, 0.1) is 11.6 Å². The van der Waals surface area contributed by atoms with E-state index >= 15 is 0 Å². The number of halogens is 2. The van der Waals surface area contributed by atoms with Gasteiger partial charge in [-0.15, -0.1) is 0 Å². The lowest BCUT2D eigenvalue weighted by Gasteiger charge is -2.16. The molecule has 1 aliphatic heterocycles. The van der Waals surface area contributed by atoms with E-state index < -0.39 is 17.4 Å². The topological polar surface area (TPSA) is 30.5 Å². The van der Waals surface area contributed by atoms with Crippen molar-refractivity contribution in [2.45, 2.75) is 26.2 Å². The number of benzene rings is 2. The predicted octanol–water partition coefficient (Wildman–Crippen LogP) is 4.08. The van der Waals surface area contributed by atoms with Crippen LogP contribution in [-0.4, -0.2) is 5.79 Å². The van der Waals surface area contributed by atoms with Gasteiger partial charge in [-0.3, -0.25) is 0 Å². The molecule has 1 N–H and O–H groups in total. The van der Waals surface area contributed by atoms with Gasteiger partial charge in [0.25, 0.3) is 0 Å². The van der Waals surface area contributed by atoms with Gasteiger partial charge in [-0.25, -0.2) is 8.78 Å². The monoisotopic (exact) mass is 291 g/mol. The van der Waals surface area contributed by atoms with Crippen LogP contribution in [0.3, 0.4) is 0 Å². The molecule has 0 radical (unpaired) electrons. The van der Waals surface area contributed by atoms with Crippen molar-refractivity contribution in [1.82, 2.24) is 0 Å². The van der Waals surface area contributed by atoms with E-state index in [1.807, 2.05) is 13.8 Å². The fourth-order valence-electron chi connectivity index (χ4n) is 2.22. The molecule has 1 aliphatic rings. The van der Waals surface area contributed by atoms with E-state index in [2.05, 4.69) is 5.32 Å². The Morgan fingerprint density at radius 1 is 1.00 bits per heavy atom. The first-order chi connectivity index (χ1) is 9.94. The largest absolute Gasteiger partial charge is 0.449 e. The molecular weight excluding hydrogens is 276 g/mol.